The normalized spacial score (nSPS) is 11.1. The summed E-state index contributed by atoms with van der Waals surface area (Å²) in [5.41, 5.74) is 7.78. The van der Waals surface area contributed by atoms with Crippen LogP contribution in [0.4, 0.5) is 0 Å². The number of carbonyl (C=O) groups is 1. The molecule has 0 atom stereocenters. The number of hydrogen-bond acceptors (Lipinski definition) is 5. The average molecular weight is 448 g/mol. The standard InChI is InChI=1S/C24H25N5O2S/c25-22(30)13-5-2-8-15-28-23(31)20-11-6-7-12-21(20)26-24(28)32-17-18-14-16-29(27-18)19-9-3-1-4-10-19/h1,3-4,6-7,9-12,14,16H,2,5,8,13,15,17H2,(H2,25,30). The molecule has 0 saturated carbocycles. The Morgan fingerprint density at radius 3 is 2.56 bits per heavy atom. The Hall–Kier alpha value is -3.39. The molecule has 0 aliphatic heterocycles. The van der Waals surface area contributed by atoms with E-state index in [1.165, 1.54) is 11.8 Å². The number of aromatic nitrogens is 4. The highest BCUT2D eigenvalue weighted by molar-refractivity contribution is 7.98. The van der Waals surface area contributed by atoms with Crippen LogP contribution in [0.25, 0.3) is 16.6 Å². The first-order valence-electron chi connectivity index (χ1n) is 10.6. The zero-order valence-corrected chi connectivity index (χ0v) is 18.5. The molecule has 0 spiro atoms. The maximum absolute atomic E-state index is 13.1. The van der Waals surface area contributed by atoms with Gasteiger partial charge in [-0.1, -0.05) is 48.5 Å². The van der Waals surface area contributed by atoms with Crippen LogP contribution in [0.3, 0.4) is 0 Å². The van der Waals surface area contributed by atoms with Crippen molar-refractivity contribution in [3.63, 3.8) is 0 Å². The second-order valence-electron chi connectivity index (χ2n) is 7.52. The highest BCUT2D eigenvalue weighted by atomic mass is 32.2. The van der Waals surface area contributed by atoms with E-state index < -0.39 is 0 Å². The number of amides is 1. The van der Waals surface area contributed by atoms with Gasteiger partial charge in [0.25, 0.3) is 5.56 Å². The number of nitrogens with zero attached hydrogens (tertiary/aromatic N) is 4. The van der Waals surface area contributed by atoms with Gasteiger partial charge >= 0.3 is 0 Å². The van der Waals surface area contributed by atoms with Crippen LogP contribution in [-0.2, 0) is 17.1 Å². The minimum Gasteiger partial charge on any atom is -0.370 e. The lowest BCUT2D eigenvalue weighted by Gasteiger charge is -2.12. The Balaban J connectivity index is 1.52. The summed E-state index contributed by atoms with van der Waals surface area (Å²) in [6.45, 7) is 0.552. The van der Waals surface area contributed by atoms with E-state index in [-0.39, 0.29) is 11.5 Å². The van der Waals surface area contributed by atoms with E-state index in [1.807, 2.05) is 71.5 Å². The molecule has 0 radical (unpaired) electrons. The van der Waals surface area contributed by atoms with Crippen LogP contribution in [0.2, 0.25) is 0 Å². The molecule has 2 aromatic heterocycles. The number of unbranched alkanes of at least 4 members (excludes halogenated alkanes) is 2. The Morgan fingerprint density at radius 1 is 0.969 bits per heavy atom. The average Bonchev–Trinajstić information content (AvgIpc) is 3.28. The van der Waals surface area contributed by atoms with Crippen LogP contribution in [0.5, 0.6) is 0 Å². The number of rotatable bonds is 10. The fourth-order valence-electron chi connectivity index (χ4n) is 3.50. The highest BCUT2D eigenvalue weighted by Gasteiger charge is 2.12. The minimum absolute atomic E-state index is 0.0391. The van der Waals surface area contributed by atoms with Crippen molar-refractivity contribution in [2.45, 2.75) is 43.1 Å². The van der Waals surface area contributed by atoms with Gasteiger partial charge in [-0.15, -0.1) is 0 Å². The molecule has 2 aromatic carbocycles. The fourth-order valence-corrected chi connectivity index (χ4v) is 4.43. The molecule has 0 unspecified atom stereocenters. The van der Waals surface area contributed by atoms with Crippen LogP contribution in [0.1, 0.15) is 31.4 Å². The summed E-state index contributed by atoms with van der Waals surface area (Å²) in [4.78, 5) is 28.8. The Kier molecular flexibility index (Phi) is 7.01. The molecule has 0 aliphatic rings. The molecule has 4 aromatic rings. The molecule has 0 bridgehead atoms. The summed E-state index contributed by atoms with van der Waals surface area (Å²) in [6.07, 6.45) is 4.64. The maximum Gasteiger partial charge on any atom is 0.262 e. The molecule has 2 N–H and O–H groups in total. The largest absolute Gasteiger partial charge is 0.370 e. The van der Waals surface area contributed by atoms with Crippen LogP contribution in [0, 0.1) is 0 Å². The van der Waals surface area contributed by atoms with Crippen molar-refractivity contribution in [1.82, 2.24) is 19.3 Å². The summed E-state index contributed by atoms with van der Waals surface area (Å²) in [5, 5.41) is 5.94. The number of carbonyl (C=O) groups excluding carboxylic acids is 1. The molecule has 7 nitrogen and oxygen atoms in total. The molecule has 0 aliphatic carbocycles. The SMILES string of the molecule is NC(=O)CCCCCn1c(SCc2ccn(-c3ccccc3)n2)nc2ccccc2c1=O. The van der Waals surface area contributed by atoms with Crippen molar-refractivity contribution < 1.29 is 4.79 Å². The predicted molar refractivity (Wildman–Crippen MR) is 127 cm³/mol. The Bertz CT molecular complexity index is 1270. The van der Waals surface area contributed by atoms with Crippen molar-refractivity contribution in [3.8, 4) is 5.69 Å². The molecular weight excluding hydrogens is 422 g/mol. The topological polar surface area (TPSA) is 95.8 Å². The highest BCUT2D eigenvalue weighted by Crippen LogP contribution is 2.22. The smallest absolute Gasteiger partial charge is 0.262 e. The van der Waals surface area contributed by atoms with Crippen molar-refractivity contribution in [3.05, 3.63) is 82.9 Å². The molecule has 2 heterocycles. The van der Waals surface area contributed by atoms with Gasteiger partial charge in [-0.3, -0.25) is 14.2 Å². The lowest BCUT2D eigenvalue weighted by atomic mass is 10.2. The summed E-state index contributed by atoms with van der Waals surface area (Å²) in [6, 6.07) is 19.3. The zero-order valence-electron chi connectivity index (χ0n) is 17.7. The second-order valence-corrected chi connectivity index (χ2v) is 8.46. The van der Waals surface area contributed by atoms with Gasteiger partial charge in [0, 0.05) is 24.9 Å². The molecule has 8 heteroatoms. The van der Waals surface area contributed by atoms with Crippen molar-refractivity contribution >= 4 is 28.6 Å². The fraction of sp³-hybridized carbons (Fsp3) is 0.250. The lowest BCUT2D eigenvalue weighted by Crippen LogP contribution is -2.23. The number of primary amides is 1. The quantitative estimate of drug-likeness (QED) is 0.226. The molecular formula is C24H25N5O2S. The van der Waals surface area contributed by atoms with Crippen molar-refractivity contribution in [1.29, 1.82) is 0 Å². The van der Waals surface area contributed by atoms with Crippen molar-refractivity contribution in [2.75, 3.05) is 0 Å². The van der Waals surface area contributed by atoms with Gasteiger partial charge in [0.2, 0.25) is 5.91 Å². The van der Waals surface area contributed by atoms with E-state index in [4.69, 9.17) is 10.7 Å². The number of fused-ring (bicyclic) bond motifs is 1. The van der Waals surface area contributed by atoms with E-state index >= 15 is 0 Å². The van der Waals surface area contributed by atoms with Gasteiger partial charge in [0.15, 0.2) is 5.16 Å². The van der Waals surface area contributed by atoms with E-state index in [0.717, 1.165) is 30.6 Å². The zero-order chi connectivity index (χ0) is 22.3. The van der Waals surface area contributed by atoms with E-state index in [9.17, 15) is 9.59 Å². The predicted octanol–water partition coefficient (Wildman–Crippen LogP) is 3.92. The summed E-state index contributed by atoms with van der Waals surface area (Å²) >= 11 is 1.51. The lowest BCUT2D eigenvalue weighted by molar-refractivity contribution is -0.118. The van der Waals surface area contributed by atoms with Gasteiger partial charge in [-0.2, -0.15) is 5.10 Å². The number of thioether (sulfide) groups is 1. The first-order valence-corrected chi connectivity index (χ1v) is 11.6. The van der Waals surface area contributed by atoms with Gasteiger partial charge in [0.1, 0.15) is 0 Å². The first kappa shape index (κ1) is 21.8. The monoisotopic (exact) mass is 447 g/mol. The Morgan fingerprint density at radius 2 is 1.75 bits per heavy atom. The number of nitrogens with two attached hydrogens (primary N) is 1. The molecule has 164 valence electrons. The van der Waals surface area contributed by atoms with Crippen LogP contribution in [-0.4, -0.2) is 25.2 Å². The third kappa shape index (κ3) is 5.26. The second kappa shape index (κ2) is 10.3. The van der Waals surface area contributed by atoms with Crippen LogP contribution >= 0.6 is 11.8 Å². The number of hydrogen-bond donors (Lipinski definition) is 1. The minimum atomic E-state index is -0.291. The van der Waals surface area contributed by atoms with Gasteiger partial charge in [-0.05, 0) is 43.2 Å². The van der Waals surface area contributed by atoms with Crippen molar-refractivity contribution in [2.24, 2.45) is 5.73 Å². The van der Waals surface area contributed by atoms with Gasteiger partial charge in [-0.25, -0.2) is 9.67 Å². The molecule has 0 fully saturated rings. The number of para-hydroxylation sites is 2. The van der Waals surface area contributed by atoms with E-state index in [0.29, 0.717) is 34.8 Å². The third-order valence-corrected chi connectivity index (χ3v) is 6.16. The first-order chi connectivity index (χ1) is 15.6. The van der Waals surface area contributed by atoms with Crippen LogP contribution < -0.4 is 11.3 Å². The van der Waals surface area contributed by atoms with E-state index in [1.54, 1.807) is 4.57 Å². The molecule has 4 rings (SSSR count). The number of benzene rings is 2. The summed E-state index contributed by atoms with van der Waals surface area (Å²) in [7, 11) is 0. The van der Waals surface area contributed by atoms with Gasteiger partial charge < -0.3 is 5.73 Å². The summed E-state index contributed by atoms with van der Waals surface area (Å²) < 4.78 is 3.58. The summed E-state index contributed by atoms with van der Waals surface area (Å²) in [5.74, 6) is 0.312. The molecule has 0 saturated heterocycles. The molecule has 1 amide bonds. The van der Waals surface area contributed by atoms with E-state index in [2.05, 4.69) is 5.10 Å². The Labute approximate surface area is 190 Å². The molecule has 32 heavy (non-hydrogen) atoms. The maximum atomic E-state index is 13.1. The van der Waals surface area contributed by atoms with Crippen LogP contribution in [0.15, 0.2) is 76.8 Å². The van der Waals surface area contributed by atoms with Gasteiger partial charge in [0.05, 0.1) is 22.3 Å². The third-order valence-electron chi connectivity index (χ3n) is 5.15.